The predicted molar refractivity (Wildman–Crippen MR) is 45.0 cm³/mol. The van der Waals surface area contributed by atoms with Gasteiger partial charge in [-0.2, -0.15) is 0 Å². The van der Waals surface area contributed by atoms with Crippen LogP contribution < -0.4 is 0 Å². The summed E-state index contributed by atoms with van der Waals surface area (Å²) in [7, 11) is 1.72. The summed E-state index contributed by atoms with van der Waals surface area (Å²) in [5.74, 6) is 0. The van der Waals surface area contributed by atoms with Gasteiger partial charge in [0.2, 0.25) is 0 Å². The first kappa shape index (κ1) is 9.44. The van der Waals surface area contributed by atoms with E-state index in [9.17, 15) is 0 Å². The van der Waals surface area contributed by atoms with Gasteiger partial charge in [-0.15, -0.1) is 0 Å². The highest BCUT2D eigenvalue weighted by Crippen LogP contribution is 2.06. The van der Waals surface area contributed by atoms with E-state index < -0.39 is 0 Å². The molecular weight excluding hydrogens is 124 g/mol. The first-order valence-electron chi connectivity index (χ1n) is 3.58. The van der Waals surface area contributed by atoms with E-state index in [1.807, 2.05) is 26.8 Å². The molecule has 10 heavy (non-hydrogen) atoms. The minimum atomic E-state index is 0.209. The third-order valence-electron chi connectivity index (χ3n) is 1.52. The third kappa shape index (κ3) is 2.83. The van der Waals surface area contributed by atoms with Gasteiger partial charge in [-0.3, -0.25) is 0 Å². The molecule has 0 saturated heterocycles. The molecule has 0 aromatic carbocycles. The largest absolute Gasteiger partial charge is 0.377 e. The highest BCUT2D eigenvalue weighted by atomic mass is 16.5. The quantitative estimate of drug-likeness (QED) is 0.547. The molecule has 0 N–H and O–H groups in total. The zero-order chi connectivity index (χ0) is 7.98. The van der Waals surface area contributed by atoms with Crippen molar-refractivity contribution in [3.8, 4) is 0 Å². The van der Waals surface area contributed by atoms with Crippen molar-refractivity contribution in [2.75, 3.05) is 7.11 Å². The van der Waals surface area contributed by atoms with Crippen LogP contribution in [0.5, 0.6) is 0 Å². The summed E-state index contributed by atoms with van der Waals surface area (Å²) in [4.78, 5) is 0. The van der Waals surface area contributed by atoms with Crippen molar-refractivity contribution < 1.29 is 4.74 Å². The molecule has 0 fully saturated rings. The van der Waals surface area contributed by atoms with Crippen LogP contribution in [0.15, 0.2) is 23.8 Å². The molecule has 0 aliphatic rings. The summed E-state index contributed by atoms with van der Waals surface area (Å²) in [6.07, 6.45) is 6.36. The Hall–Kier alpha value is -0.560. The van der Waals surface area contributed by atoms with Gasteiger partial charge in [0.05, 0.1) is 6.10 Å². The Morgan fingerprint density at radius 2 is 2.00 bits per heavy atom. The fourth-order valence-electron chi connectivity index (χ4n) is 0.795. The molecule has 0 saturated carbocycles. The standard InChI is InChI=1S/C9H16O/c1-5-7-9(6-2)8(3)10-4/h5-8H,1-4H3/b7-5-,9-6+. The molecule has 0 spiro atoms. The summed E-state index contributed by atoms with van der Waals surface area (Å²) in [5, 5.41) is 0. The summed E-state index contributed by atoms with van der Waals surface area (Å²) in [6, 6.07) is 0. The molecule has 0 amide bonds. The highest BCUT2D eigenvalue weighted by Gasteiger charge is 2.00. The number of hydrogen-bond donors (Lipinski definition) is 0. The van der Waals surface area contributed by atoms with Gasteiger partial charge in [0, 0.05) is 7.11 Å². The lowest BCUT2D eigenvalue weighted by Crippen LogP contribution is -2.06. The van der Waals surface area contributed by atoms with Crippen molar-refractivity contribution in [3.63, 3.8) is 0 Å². The number of methoxy groups -OCH3 is 1. The van der Waals surface area contributed by atoms with Crippen LogP contribution in [0.1, 0.15) is 20.8 Å². The maximum atomic E-state index is 5.14. The van der Waals surface area contributed by atoms with Gasteiger partial charge >= 0.3 is 0 Å². The van der Waals surface area contributed by atoms with Crippen molar-refractivity contribution in [3.05, 3.63) is 23.8 Å². The lowest BCUT2D eigenvalue weighted by atomic mass is 10.1. The molecule has 0 bridgehead atoms. The van der Waals surface area contributed by atoms with E-state index in [0.717, 1.165) is 0 Å². The van der Waals surface area contributed by atoms with E-state index in [1.54, 1.807) is 7.11 Å². The minimum absolute atomic E-state index is 0.209. The smallest absolute Gasteiger partial charge is 0.0789 e. The summed E-state index contributed by atoms with van der Waals surface area (Å²) >= 11 is 0. The van der Waals surface area contributed by atoms with Crippen molar-refractivity contribution >= 4 is 0 Å². The first-order chi connectivity index (χ1) is 4.76. The van der Waals surface area contributed by atoms with Gasteiger partial charge in [-0.1, -0.05) is 18.2 Å². The minimum Gasteiger partial charge on any atom is -0.377 e. The summed E-state index contributed by atoms with van der Waals surface area (Å²) < 4.78 is 5.14. The zero-order valence-corrected chi connectivity index (χ0v) is 7.22. The Kier molecular flexibility index (Phi) is 4.95. The van der Waals surface area contributed by atoms with E-state index in [-0.39, 0.29) is 6.10 Å². The van der Waals surface area contributed by atoms with E-state index in [2.05, 4.69) is 12.2 Å². The van der Waals surface area contributed by atoms with Crippen LogP contribution in [0, 0.1) is 0 Å². The number of rotatable bonds is 3. The molecule has 0 heterocycles. The van der Waals surface area contributed by atoms with Crippen LogP contribution in [0.4, 0.5) is 0 Å². The monoisotopic (exact) mass is 140 g/mol. The molecule has 1 heteroatoms. The van der Waals surface area contributed by atoms with E-state index >= 15 is 0 Å². The van der Waals surface area contributed by atoms with Crippen molar-refractivity contribution in [2.24, 2.45) is 0 Å². The average molecular weight is 140 g/mol. The fourth-order valence-corrected chi connectivity index (χ4v) is 0.795. The second-order valence-corrected chi connectivity index (χ2v) is 2.17. The lowest BCUT2D eigenvalue weighted by molar-refractivity contribution is 0.149. The second-order valence-electron chi connectivity index (χ2n) is 2.17. The normalized spacial score (nSPS) is 16.2. The van der Waals surface area contributed by atoms with E-state index in [4.69, 9.17) is 4.74 Å². The van der Waals surface area contributed by atoms with Crippen LogP contribution in [0.2, 0.25) is 0 Å². The maximum absolute atomic E-state index is 5.14. The zero-order valence-electron chi connectivity index (χ0n) is 7.22. The Balaban J connectivity index is 4.08. The Morgan fingerprint density at radius 1 is 1.40 bits per heavy atom. The topological polar surface area (TPSA) is 9.23 Å². The van der Waals surface area contributed by atoms with Crippen LogP contribution in [-0.2, 0) is 4.74 Å². The van der Waals surface area contributed by atoms with Gasteiger partial charge in [0.1, 0.15) is 0 Å². The molecular formula is C9H16O. The van der Waals surface area contributed by atoms with Gasteiger partial charge < -0.3 is 4.74 Å². The van der Waals surface area contributed by atoms with E-state index in [0.29, 0.717) is 0 Å². The number of hydrogen-bond acceptors (Lipinski definition) is 1. The molecule has 1 atom stereocenters. The van der Waals surface area contributed by atoms with Crippen LogP contribution in [0.25, 0.3) is 0 Å². The fraction of sp³-hybridized carbons (Fsp3) is 0.556. The predicted octanol–water partition coefficient (Wildman–Crippen LogP) is 2.54. The molecule has 0 aromatic heterocycles. The van der Waals surface area contributed by atoms with Crippen LogP contribution in [0.3, 0.4) is 0 Å². The molecule has 0 aliphatic carbocycles. The second kappa shape index (κ2) is 5.24. The maximum Gasteiger partial charge on any atom is 0.0789 e. The molecule has 0 aromatic rings. The van der Waals surface area contributed by atoms with Gasteiger partial charge in [-0.25, -0.2) is 0 Å². The average Bonchev–Trinajstić information content (AvgIpc) is 1.99. The van der Waals surface area contributed by atoms with Crippen LogP contribution >= 0.6 is 0 Å². The van der Waals surface area contributed by atoms with Crippen molar-refractivity contribution in [1.29, 1.82) is 0 Å². The Labute approximate surface area is 63.4 Å². The molecule has 1 nitrogen and oxygen atoms in total. The summed E-state index contributed by atoms with van der Waals surface area (Å²) in [6.45, 7) is 6.06. The van der Waals surface area contributed by atoms with Crippen molar-refractivity contribution in [2.45, 2.75) is 26.9 Å². The van der Waals surface area contributed by atoms with Gasteiger partial charge in [-0.05, 0) is 26.3 Å². The van der Waals surface area contributed by atoms with Crippen molar-refractivity contribution in [1.82, 2.24) is 0 Å². The number of ether oxygens (including phenoxy) is 1. The first-order valence-corrected chi connectivity index (χ1v) is 3.58. The molecule has 0 aliphatic heterocycles. The Bertz CT molecular complexity index is 134. The SMILES string of the molecule is C/C=C\C(=C/C)C(C)OC. The lowest BCUT2D eigenvalue weighted by Gasteiger charge is -2.09. The highest BCUT2D eigenvalue weighted by molar-refractivity contribution is 5.21. The van der Waals surface area contributed by atoms with Crippen LogP contribution in [-0.4, -0.2) is 13.2 Å². The molecule has 1 unspecified atom stereocenters. The third-order valence-corrected chi connectivity index (χ3v) is 1.52. The Morgan fingerprint density at radius 3 is 2.30 bits per heavy atom. The molecule has 0 radical (unpaired) electrons. The molecule has 0 rings (SSSR count). The van der Waals surface area contributed by atoms with Gasteiger partial charge in [0.25, 0.3) is 0 Å². The van der Waals surface area contributed by atoms with E-state index in [1.165, 1.54) is 5.57 Å². The van der Waals surface area contributed by atoms with Gasteiger partial charge in [0.15, 0.2) is 0 Å². The number of allylic oxidation sites excluding steroid dienone is 2. The molecule has 58 valence electrons. The summed E-state index contributed by atoms with van der Waals surface area (Å²) in [5.41, 5.74) is 1.23.